The summed E-state index contributed by atoms with van der Waals surface area (Å²) in [5, 5.41) is 9.49. The van der Waals surface area contributed by atoms with E-state index in [1.165, 1.54) is 0 Å². The van der Waals surface area contributed by atoms with Crippen LogP contribution in [0.1, 0.15) is 99.5 Å². The van der Waals surface area contributed by atoms with Crippen LogP contribution in [0.4, 0.5) is 0 Å². The highest BCUT2D eigenvalue weighted by Gasteiger charge is 2.41. The Morgan fingerprint density at radius 1 is 0.868 bits per heavy atom. The Kier molecular flexibility index (Phi) is 22.3. The first-order valence-corrected chi connectivity index (χ1v) is 19.3. The molecule has 0 radical (unpaired) electrons. The molecule has 1 fully saturated rings. The lowest BCUT2D eigenvalue weighted by Gasteiger charge is -2.42. The van der Waals surface area contributed by atoms with Crippen molar-refractivity contribution in [1.82, 2.24) is 20.9 Å². The summed E-state index contributed by atoms with van der Waals surface area (Å²) in [6.07, 6.45) is 3.44. The van der Waals surface area contributed by atoms with Gasteiger partial charge in [-0.15, -0.1) is 0 Å². The molecule has 1 heterocycles. The zero-order chi connectivity index (χ0) is 40.2. The smallest absolute Gasteiger partial charge is 0.373 e. The molecule has 0 aromatic heterocycles. The zero-order valence-electron chi connectivity index (χ0n) is 34.1. The average molecular weight is 745 g/mol. The summed E-state index contributed by atoms with van der Waals surface area (Å²) in [6, 6.07) is 9.00. The number of nitrogens with zero attached hydrogens (tertiary/aromatic N) is 1. The molecule has 12 nitrogen and oxygen atoms in total. The first kappa shape index (κ1) is 47.6. The molecule has 2 rings (SSSR count). The number of likely N-dealkylation sites (tertiary alicyclic amines) is 1. The highest BCUT2D eigenvalue weighted by atomic mass is 16.5. The molecule has 1 aliphatic heterocycles. The Morgan fingerprint density at radius 2 is 1.49 bits per heavy atom. The van der Waals surface area contributed by atoms with Gasteiger partial charge in [0.05, 0.1) is 42.7 Å². The Morgan fingerprint density at radius 3 is 2.00 bits per heavy atom. The molecule has 300 valence electrons. The number of Topliss-reactive ketones (excluding diaryl/α,β-unsaturated/α-hetero) is 1. The van der Waals surface area contributed by atoms with Crippen molar-refractivity contribution in [1.29, 1.82) is 0 Å². The Hall–Kier alpha value is -3.44. The Labute approximate surface area is 318 Å². The van der Waals surface area contributed by atoms with Crippen LogP contribution in [0.15, 0.2) is 30.3 Å². The van der Waals surface area contributed by atoms with Gasteiger partial charge in [0.1, 0.15) is 0 Å². The van der Waals surface area contributed by atoms with Crippen molar-refractivity contribution in [3.05, 3.63) is 35.9 Å². The van der Waals surface area contributed by atoms with E-state index >= 15 is 0 Å². The van der Waals surface area contributed by atoms with Crippen molar-refractivity contribution in [2.45, 2.75) is 137 Å². The monoisotopic (exact) mass is 745 g/mol. The van der Waals surface area contributed by atoms with Crippen LogP contribution in [-0.2, 0) is 44.7 Å². The van der Waals surface area contributed by atoms with Gasteiger partial charge in [-0.2, -0.15) is 9.59 Å². The van der Waals surface area contributed by atoms with Crippen LogP contribution in [-0.4, -0.2) is 98.7 Å². The summed E-state index contributed by atoms with van der Waals surface area (Å²) in [7, 11) is 4.97. The minimum absolute atomic E-state index is 0.0198. The molecule has 9 atom stereocenters. The highest BCUT2D eigenvalue weighted by Crippen LogP contribution is 2.28. The molecule has 1 unspecified atom stereocenters. The van der Waals surface area contributed by atoms with Crippen molar-refractivity contribution < 1.29 is 38.2 Å². The molecule has 1 aromatic carbocycles. The molecule has 0 saturated carbocycles. The van der Waals surface area contributed by atoms with Gasteiger partial charge in [0.15, 0.2) is 5.78 Å². The van der Waals surface area contributed by atoms with Crippen LogP contribution in [0.25, 0.3) is 0 Å². The summed E-state index contributed by atoms with van der Waals surface area (Å²) in [4.78, 5) is 72.8. The number of benzene rings is 1. The largest absolute Gasteiger partial charge is 0.379 e. The van der Waals surface area contributed by atoms with Crippen LogP contribution in [0.5, 0.6) is 0 Å². The number of hydrogen-bond acceptors (Lipinski definition) is 9. The van der Waals surface area contributed by atoms with E-state index in [1.807, 2.05) is 64.6 Å². The predicted molar refractivity (Wildman–Crippen MR) is 205 cm³/mol. The second-order valence-corrected chi connectivity index (χ2v) is 15.3. The summed E-state index contributed by atoms with van der Waals surface area (Å²) in [5.74, 6) is -1.26. The lowest BCUT2D eigenvalue weighted by Crippen LogP contribution is -2.57. The number of rotatable bonds is 21. The van der Waals surface area contributed by atoms with E-state index in [1.54, 1.807) is 21.3 Å². The molecule has 0 aliphatic carbocycles. The first-order chi connectivity index (χ1) is 25.1. The third-order valence-electron chi connectivity index (χ3n) is 10.7. The Balaban J connectivity index is 0.00000452. The summed E-state index contributed by atoms with van der Waals surface area (Å²) < 4.78 is 12.0. The molecule has 0 spiro atoms. The molecule has 53 heavy (non-hydrogen) atoms. The zero-order valence-corrected chi connectivity index (χ0v) is 34.1. The predicted octanol–water partition coefficient (Wildman–Crippen LogP) is 4.59. The van der Waals surface area contributed by atoms with E-state index in [2.05, 4.69) is 41.9 Å². The van der Waals surface area contributed by atoms with E-state index in [0.717, 1.165) is 37.7 Å². The molecular weight excluding hydrogens is 676 g/mol. The van der Waals surface area contributed by atoms with Crippen LogP contribution in [0, 0.1) is 29.6 Å². The van der Waals surface area contributed by atoms with E-state index in [0.29, 0.717) is 6.54 Å². The van der Waals surface area contributed by atoms with Gasteiger partial charge in [-0.05, 0) is 63.0 Å². The van der Waals surface area contributed by atoms with Crippen LogP contribution in [0.3, 0.4) is 0 Å². The molecule has 0 bridgehead atoms. The standard InChI is InChI=1S/C40H68N4O6.CO2/c1-12-27(6)37(43-40(48)31(25(2)3)23-33(45)36(41-9)26(4)5)34(49-10)24-35(46)44-21-17-16-20-32(44)38(50-11)29(8)39(47)42-28(7)22-30-18-14-13-15-19-30;2-1-3/h13-15,18-19,25-29,31-32,34,36-38,41H,12,16-17,20-24H2,1-11H3,(H,42,47)(H,43,48);/t27?,28-,29-,31+,32+,34-,36+,37+,38-;/m1./s1. The van der Waals surface area contributed by atoms with Crippen LogP contribution >= 0.6 is 0 Å². The molecule has 1 saturated heterocycles. The second kappa shape index (κ2) is 24.8. The summed E-state index contributed by atoms with van der Waals surface area (Å²) in [5.41, 5.74) is 1.15. The average Bonchev–Trinajstić information content (AvgIpc) is 3.12. The van der Waals surface area contributed by atoms with Gasteiger partial charge < -0.3 is 30.3 Å². The molecular formula is C41H68N4O8. The molecule has 12 heteroatoms. The maximum absolute atomic E-state index is 14.2. The number of likely N-dealkylation sites (N-methyl/N-ethyl adjacent to an activating group) is 1. The summed E-state index contributed by atoms with van der Waals surface area (Å²) in [6.45, 7) is 16.5. The third-order valence-corrected chi connectivity index (χ3v) is 10.7. The van der Waals surface area contributed by atoms with Gasteiger partial charge in [0, 0.05) is 39.1 Å². The minimum Gasteiger partial charge on any atom is -0.379 e. The maximum atomic E-state index is 14.2. The first-order valence-electron chi connectivity index (χ1n) is 19.3. The summed E-state index contributed by atoms with van der Waals surface area (Å²) >= 11 is 0. The van der Waals surface area contributed by atoms with Crippen molar-refractivity contribution >= 4 is 29.7 Å². The van der Waals surface area contributed by atoms with Crippen molar-refractivity contribution in [2.75, 3.05) is 27.8 Å². The van der Waals surface area contributed by atoms with Crippen LogP contribution in [0.2, 0.25) is 0 Å². The van der Waals surface area contributed by atoms with Crippen molar-refractivity contribution in [3.63, 3.8) is 0 Å². The van der Waals surface area contributed by atoms with E-state index in [9.17, 15) is 19.2 Å². The Bertz CT molecular complexity index is 1290. The number of ketones is 1. The van der Waals surface area contributed by atoms with E-state index < -0.39 is 30.1 Å². The fourth-order valence-corrected chi connectivity index (χ4v) is 7.46. The number of nitrogens with one attached hydrogen (secondary N) is 3. The van der Waals surface area contributed by atoms with Gasteiger partial charge in [-0.1, -0.05) is 85.2 Å². The van der Waals surface area contributed by atoms with Gasteiger partial charge in [0.25, 0.3) is 0 Å². The number of hydrogen-bond donors (Lipinski definition) is 3. The number of amides is 3. The number of methoxy groups -OCH3 is 2. The SMILES string of the molecule is CCC(C)[C@H](NC(=O)[C@@H](CC(=O)[C@@H](NC)C(C)C)C(C)C)[C@@H](CC(=O)N1CCCC[C@H]1[C@H](OC)[C@@H](C)C(=O)N[C@H](C)Cc1ccccc1)OC.O=C=O. The lowest BCUT2D eigenvalue weighted by molar-refractivity contribution is -0.191. The third kappa shape index (κ3) is 15.1. The molecule has 3 N–H and O–H groups in total. The van der Waals surface area contributed by atoms with Gasteiger partial charge in [-0.3, -0.25) is 19.2 Å². The van der Waals surface area contributed by atoms with Crippen molar-refractivity contribution in [2.24, 2.45) is 29.6 Å². The number of ether oxygens (including phenoxy) is 2. The highest BCUT2D eigenvalue weighted by molar-refractivity contribution is 5.90. The lowest BCUT2D eigenvalue weighted by atomic mass is 9.84. The van der Waals surface area contributed by atoms with Crippen molar-refractivity contribution in [3.8, 4) is 0 Å². The molecule has 3 amide bonds. The molecule has 1 aromatic rings. The van der Waals surface area contributed by atoms with Crippen LogP contribution < -0.4 is 16.0 Å². The number of piperidine rings is 1. The fourth-order valence-electron chi connectivity index (χ4n) is 7.46. The number of carbonyl (C=O) groups excluding carboxylic acids is 6. The van der Waals surface area contributed by atoms with E-state index in [-0.39, 0.29) is 78.4 Å². The molecule has 1 aliphatic rings. The maximum Gasteiger partial charge on any atom is 0.373 e. The van der Waals surface area contributed by atoms with Gasteiger partial charge in [0.2, 0.25) is 17.7 Å². The van der Waals surface area contributed by atoms with Gasteiger partial charge in [-0.25, -0.2) is 0 Å². The minimum atomic E-state index is -0.575. The number of carbonyl (C=O) groups is 4. The fraction of sp³-hybridized carbons (Fsp3) is 0.732. The quantitative estimate of drug-likeness (QED) is 0.164. The topological polar surface area (TPSA) is 160 Å². The van der Waals surface area contributed by atoms with Gasteiger partial charge >= 0.3 is 6.15 Å². The normalized spacial score (nSPS) is 19.0. The second-order valence-electron chi connectivity index (χ2n) is 15.3. The van der Waals surface area contributed by atoms with E-state index in [4.69, 9.17) is 19.1 Å².